The summed E-state index contributed by atoms with van der Waals surface area (Å²) in [6.07, 6.45) is 0. The monoisotopic (exact) mass is 433 g/mol. The summed E-state index contributed by atoms with van der Waals surface area (Å²) in [5.41, 5.74) is 4.91. The van der Waals surface area contributed by atoms with Gasteiger partial charge in [0, 0.05) is 26.2 Å². The zero-order valence-corrected chi connectivity index (χ0v) is 18.7. The highest BCUT2D eigenvalue weighted by Crippen LogP contribution is 2.36. The van der Waals surface area contributed by atoms with E-state index in [2.05, 4.69) is 16.8 Å². The van der Waals surface area contributed by atoms with Gasteiger partial charge in [-0.2, -0.15) is 0 Å². The van der Waals surface area contributed by atoms with Gasteiger partial charge in [0.25, 0.3) is 11.8 Å². The lowest BCUT2D eigenvalue weighted by molar-refractivity contribution is -0.138. The second-order valence-electron chi connectivity index (χ2n) is 8.70. The molecule has 5 rings (SSSR count). The molecule has 0 N–H and O–H groups in total. The molecule has 0 radical (unpaired) electrons. The average molecular weight is 434 g/mol. The third-order valence-electron chi connectivity index (χ3n) is 6.54. The van der Waals surface area contributed by atoms with E-state index >= 15 is 0 Å². The number of nitrogens with zero attached hydrogens (tertiary/aromatic N) is 3. The second-order valence-corrected chi connectivity index (χ2v) is 8.70. The van der Waals surface area contributed by atoms with Gasteiger partial charge in [0.2, 0.25) is 6.79 Å². The van der Waals surface area contributed by atoms with Gasteiger partial charge in [-0.25, -0.2) is 0 Å². The van der Waals surface area contributed by atoms with Crippen LogP contribution < -0.4 is 9.47 Å². The lowest BCUT2D eigenvalue weighted by atomic mass is 9.99. The van der Waals surface area contributed by atoms with Crippen LogP contribution in [0.1, 0.15) is 22.3 Å². The number of rotatable bonds is 4. The van der Waals surface area contributed by atoms with Crippen LogP contribution in [-0.4, -0.2) is 66.5 Å². The van der Waals surface area contributed by atoms with E-state index in [-0.39, 0.29) is 25.2 Å². The van der Waals surface area contributed by atoms with E-state index in [1.807, 2.05) is 50.2 Å². The van der Waals surface area contributed by atoms with Gasteiger partial charge >= 0.3 is 0 Å². The molecule has 0 atom stereocenters. The predicted octanol–water partition coefficient (Wildman–Crippen LogP) is 2.56. The summed E-state index contributed by atoms with van der Waals surface area (Å²) in [7, 11) is 2.07. The number of aryl methyl sites for hydroxylation is 2. The van der Waals surface area contributed by atoms with E-state index in [9.17, 15) is 9.59 Å². The van der Waals surface area contributed by atoms with Gasteiger partial charge in [-0.1, -0.05) is 24.3 Å². The summed E-state index contributed by atoms with van der Waals surface area (Å²) in [6.45, 7) is 7.60. The minimum atomic E-state index is -0.246. The normalized spacial score (nSPS) is 18.8. The molecular weight excluding hydrogens is 406 g/mol. The summed E-state index contributed by atoms with van der Waals surface area (Å²) < 4.78 is 10.8. The van der Waals surface area contributed by atoms with Crippen LogP contribution in [0.4, 0.5) is 0 Å². The van der Waals surface area contributed by atoms with Crippen molar-refractivity contribution in [3.05, 3.63) is 64.3 Å². The maximum atomic E-state index is 13.6. The highest BCUT2D eigenvalue weighted by molar-refractivity contribution is 6.35. The molecule has 0 unspecified atom stereocenters. The van der Waals surface area contributed by atoms with Gasteiger partial charge in [-0.15, -0.1) is 0 Å². The Morgan fingerprint density at radius 1 is 0.844 bits per heavy atom. The molecule has 2 aromatic carbocycles. The summed E-state index contributed by atoms with van der Waals surface area (Å²) in [4.78, 5) is 32.9. The average Bonchev–Trinajstić information content (AvgIpc) is 3.34. The number of hydrogen-bond acceptors (Lipinski definition) is 6. The summed E-state index contributed by atoms with van der Waals surface area (Å²) in [5.74, 6) is 0.846. The van der Waals surface area contributed by atoms with Crippen molar-refractivity contribution in [3.63, 3.8) is 0 Å². The van der Waals surface area contributed by atoms with Crippen molar-refractivity contribution in [2.24, 2.45) is 0 Å². The fraction of sp³-hybridized carbons (Fsp3) is 0.360. The molecule has 0 spiro atoms. The Morgan fingerprint density at radius 3 is 2.34 bits per heavy atom. The molecule has 2 amide bonds. The number of likely N-dealkylation sites (N-methyl/N-ethyl adjacent to an activating group) is 1. The van der Waals surface area contributed by atoms with Crippen LogP contribution in [0, 0.1) is 13.8 Å². The molecule has 0 aromatic heterocycles. The lowest BCUT2D eigenvalue weighted by Crippen LogP contribution is -2.46. The zero-order chi connectivity index (χ0) is 22.4. The minimum absolute atomic E-state index is 0.187. The van der Waals surface area contributed by atoms with Gasteiger partial charge in [-0.3, -0.25) is 14.5 Å². The molecule has 2 aromatic rings. The Bertz CT molecular complexity index is 1130. The van der Waals surface area contributed by atoms with Gasteiger partial charge in [0.1, 0.15) is 5.70 Å². The van der Waals surface area contributed by atoms with Crippen LogP contribution in [0.2, 0.25) is 0 Å². The van der Waals surface area contributed by atoms with E-state index in [4.69, 9.17) is 9.47 Å². The van der Waals surface area contributed by atoms with Gasteiger partial charge in [0.15, 0.2) is 11.5 Å². The standard InChI is InChI=1S/C25H27N3O4/c1-16-4-6-19(12-17(16)2)22-23(27-10-8-26(3)9-11-27)25(30)28(24(22)29)14-18-5-7-20-21(13-18)32-15-31-20/h4-7,12-13H,8-11,14-15H2,1-3H3. The molecule has 0 bridgehead atoms. The Kier molecular flexibility index (Phi) is 5.13. The Hall–Kier alpha value is -3.32. The molecule has 1 saturated heterocycles. The molecular formula is C25H27N3O4. The lowest BCUT2D eigenvalue weighted by Gasteiger charge is -2.34. The first-order valence-corrected chi connectivity index (χ1v) is 10.9. The molecule has 7 heteroatoms. The first kappa shape index (κ1) is 20.6. The highest BCUT2D eigenvalue weighted by Gasteiger charge is 2.42. The Balaban J connectivity index is 1.51. The number of piperazine rings is 1. The maximum absolute atomic E-state index is 13.6. The van der Waals surface area contributed by atoms with Crippen molar-refractivity contribution in [3.8, 4) is 11.5 Å². The van der Waals surface area contributed by atoms with Crippen molar-refractivity contribution in [1.29, 1.82) is 0 Å². The fourth-order valence-electron chi connectivity index (χ4n) is 4.41. The number of fused-ring (bicyclic) bond motifs is 1. The smallest absolute Gasteiger partial charge is 0.278 e. The molecule has 3 heterocycles. The summed E-state index contributed by atoms with van der Waals surface area (Å²) >= 11 is 0. The van der Waals surface area contributed by atoms with E-state index in [1.54, 1.807) is 0 Å². The Labute approximate surface area is 187 Å². The summed E-state index contributed by atoms with van der Waals surface area (Å²) in [5, 5.41) is 0. The number of carbonyl (C=O) groups is 2. The van der Waals surface area contributed by atoms with Crippen LogP contribution in [-0.2, 0) is 16.1 Å². The number of hydrogen-bond donors (Lipinski definition) is 0. The number of benzene rings is 2. The van der Waals surface area contributed by atoms with Crippen LogP contribution in [0.5, 0.6) is 11.5 Å². The highest BCUT2D eigenvalue weighted by atomic mass is 16.7. The SMILES string of the molecule is Cc1ccc(C2=C(N3CCN(C)CC3)C(=O)N(Cc3ccc4c(c3)OCO4)C2=O)cc1C. The van der Waals surface area contributed by atoms with Gasteiger partial charge in [0.05, 0.1) is 12.1 Å². The van der Waals surface area contributed by atoms with Crippen molar-refractivity contribution in [1.82, 2.24) is 14.7 Å². The van der Waals surface area contributed by atoms with Crippen molar-refractivity contribution < 1.29 is 19.1 Å². The molecule has 166 valence electrons. The second kappa shape index (κ2) is 7.98. The van der Waals surface area contributed by atoms with E-state index in [0.717, 1.165) is 48.4 Å². The molecule has 1 fully saturated rings. The largest absolute Gasteiger partial charge is 0.454 e. The van der Waals surface area contributed by atoms with E-state index < -0.39 is 0 Å². The van der Waals surface area contributed by atoms with Crippen LogP contribution in [0.25, 0.3) is 5.57 Å². The molecule has 0 saturated carbocycles. The number of amides is 2. The maximum Gasteiger partial charge on any atom is 0.278 e. The van der Waals surface area contributed by atoms with E-state index in [0.29, 0.717) is 22.8 Å². The number of carbonyl (C=O) groups excluding carboxylic acids is 2. The molecule has 3 aliphatic heterocycles. The minimum Gasteiger partial charge on any atom is -0.454 e. The van der Waals surface area contributed by atoms with Crippen molar-refractivity contribution in [2.45, 2.75) is 20.4 Å². The molecule has 32 heavy (non-hydrogen) atoms. The van der Waals surface area contributed by atoms with Crippen molar-refractivity contribution >= 4 is 17.4 Å². The van der Waals surface area contributed by atoms with Gasteiger partial charge < -0.3 is 19.3 Å². The van der Waals surface area contributed by atoms with Gasteiger partial charge in [-0.05, 0) is 55.3 Å². The van der Waals surface area contributed by atoms with Crippen LogP contribution in [0.15, 0.2) is 42.1 Å². The number of ether oxygens (including phenoxy) is 2. The van der Waals surface area contributed by atoms with E-state index in [1.165, 1.54) is 4.90 Å². The topological polar surface area (TPSA) is 62.3 Å². The fourth-order valence-corrected chi connectivity index (χ4v) is 4.41. The third-order valence-corrected chi connectivity index (χ3v) is 6.54. The van der Waals surface area contributed by atoms with Crippen LogP contribution >= 0.6 is 0 Å². The predicted molar refractivity (Wildman–Crippen MR) is 120 cm³/mol. The quantitative estimate of drug-likeness (QED) is 0.691. The zero-order valence-electron chi connectivity index (χ0n) is 18.7. The first-order chi connectivity index (χ1) is 15.4. The molecule has 0 aliphatic carbocycles. The molecule has 3 aliphatic rings. The van der Waals surface area contributed by atoms with Crippen molar-refractivity contribution in [2.75, 3.05) is 40.0 Å². The summed E-state index contributed by atoms with van der Waals surface area (Å²) in [6, 6.07) is 11.5. The Morgan fingerprint density at radius 2 is 1.59 bits per heavy atom. The third kappa shape index (κ3) is 3.52. The first-order valence-electron chi connectivity index (χ1n) is 10.9. The molecule has 7 nitrogen and oxygen atoms in total. The number of imide groups is 1. The van der Waals surface area contributed by atoms with Crippen LogP contribution in [0.3, 0.4) is 0 Å².